The van der Waals surface area contributed by atoms with Gasteiger partial charge in [-0.2, -0.15) is 15.6 Å². The van der Waals surface area contributed by atoms with Gasteiger partial charge in [-0.25, -0.2) is 14.8 Å². The first-order valence-electron chi connectivity index (χ1n) is 7.71. The fourth-order valence-electron chi connectivity index (χ4n) is 2.36. The number of hydrazone groups is 1. The molecule has 0 spiro atoms. The lowest BCUT2D eigenvalue weighted by atomic mass is 10.1. The van der Waals surface area contributed by atoms with Crippen molar-refractivity contribution in [2.24, 2.45) is 5.10 Å². The van der Waals surface area contributed by atoms with Crippen molar-refractivity contribution >= 4 is 12.2 Å². The molecule has 0 aliphatic rings. The van der Waals surface area contributed by atoms with Gasteiger partial charge in [0.2, 0.25) is 5.95 Å². The highest BCUT2D eigenvalue weighted by molar-refractivity contribution is 5.84. The Kier molecular flexibility index (Phi) is 5.01. The number of aromatic amines is 1. The van der Waals surface area contributed by atoms with Gasteiger partial charge in [0.15, 0.2) is 0 Å². The normalized spacial score (nSPS) is 10.3. The second-order valence-corrected chi connectivity index (χ2v) is 5.30. The third-order valence-corrected chi connectivity index (χ3v) is 3.62. The Labute approximate surface area is 153 Å². The summed E-state index contributed by atoms with van der Waals surface area (Å²) in [5.41, 5.74) is 2.64. The number of nitrogens with one attached hydrogen (secondary N) is 2. The molecule has 130 valence electrons. The molecule has 0 atom stereocenters. The maximum Gasteiger partial charge on any atom is 0.270 e. The number of H-pyrrole nitrogens is 1. The van der Waals surface area contributed by atoms with Crippen molar-refractivity contribution in [1.82, 2.24) is 9.97 Å². The molecule has 27 heavy (non-hydrogen) atoms. The molecule has 0 saturated heterocycles. The molecule has 0 saturated carbocycles. The van der Waals surface area contributed by atoms with E-state index >= 15 is 0 Å². The Morgan fingerprint density at radius 1 is 1.11 bits per heavy atom. The van der Waals surface area contributed by atoms with Crippen LogP contribution in [-0.2, 0) is 0 Å². The molecule has 0 amide bonds. The van der Waals surface area contributed by atoms with Crippen LogP contribution in [0, 0.1) is 28.5 Å². The van der Waals surface area contributed by atoms with Crippen LogP contribution in [0.1, 0.15) is 16.7 Å². The van der Waals surface area contributed by atoms with Crippen LogP contribution in [0.25, 0.3) is 11.3 Å². The number of hydrogen-bond acceptors (Lipinski definition) is 6. The number of rotatable bonds is 4. The van der Waals surface area contributed by atoms with E-state index < -0.39 is 11.4 Å². The quantitative estimate of drug-likeness (QED) is 0.549. The molecule has 0 bridgehead atoms. The molecule has 3 aromatic rings. The van der Waals surface area contributed by atoms with Gasteiger partial charge in [-0.15, -0.1) is 0 Å². The third-order valence-electron chi connectivity index (χ3n) is 3.62. The van der Waals surface area contributed by atoms with Gasteiger partial charge >= 0.3 is 0 Å². The fraction of sp³-hybridized carbons (Fsp3) is 0. The van der Waals surface area contributed by atoms with E-state index in [0.29, 0.717) is 5.56 Å². The van der Waals surface area contributed by atoms with Crippen LogP contribution in [0.4, 0.5) is 10.3 Å². The summed E-state index contributed by atoms with van der Waals surface area (Å²) in [4.78, 5) is 18.7. The number of hydrogen-bond donors (Lipinski definition) is 2. The lowest BCUT2D eigenvalue weighted by Crippen LogP contribution is -2.16. The Hall–Kier alpha value is -4.30. The van der Waals surface area contributed by atoms with Crippen LogP contribution in [0.2, 0.25) is 0 Å². The molecule has 2 aromatic carbocycles. The highest BCUT2D eigenvalue weighted by Crippen LogP contribution is 2.19. The van der Waals surface area contributed by atoms with E-state index in [0.717, 1.165) is 6.21 Å². The van der Waals surface area contributed by atoms with E-state index in [-0.39, 0.29) is 28.3 Å². The van der Waals surface area contributed by atoms with Gasteiger partial charge in [0.25, 0.3) is 5.56 Å². The predicted molar refractivity (Wildman–Crippen MR) is 97.3 cm³/mol. The summed E-state index contributed by atoms with van der Waals surface area (Å²) in [6.07, 6.45) is 1.12. The summed E-state index contributed by atoms with van der Waals surface area (Å²) in [6, 6.07) is 16.5. The zero-order chi connectivity index (χ0) is 19.2. The van der Waals surface area contributed by atoms with Crippen molar-refractivity contribution in [2.75, 3.05) is 5.43 Å². The highest BCUT2D eigenvalue weighted by atomic mass is 19.1. The molecule has 0 radical (unpaired) electrons. The molecular weight excluding hydrogens is 347 g/mol. The topological polar surface area (TPSA) is 118 Å². The largest absolute Gasteiger partial charge is 0.290 e. The second-order valence-electron chi connectivity index (χ2n) is 5.30. The molecule has 0 aliphatic heterocycles. The van der Waals surface area contributed by atoms with Crippen LogP contribution in [0.3, 0.4) is 0 Å². The molecule has 2 N–H and O–H groups in total. The Balaban J connectivity index is 1.96. The zero-order valence-electron chi connectivity index (χ0n) is 13.8. The number of halogens is 1. The molecule has 8 heteroatoms. The first-order valence-corrected chi connectivity index (χ1v) is 7.71. The zero-order valence-corrected chi connectivity index (χ0v) is 13.8. The SMILES string of the molecule is N#Cc1cccc(F)c1C=NNc1nc(-c2ccccc2)c(C#N)c(=O)[nH]1. The van der Waals surface area contributed by atoms with Crippen molar-refractivity contribution in [3.63, 3.8) is 0 Å². The molecule has 0 aliphatic carbocycles. The first-order chi connectivity index (χ1) is 13.1. The Bertz CT molecular complexity index is 1160. The van der Waals surface area contributed by atoms with E-state index in [1.165, 1.54) is 18.2 Å². The lowest BCUT2D eigenvalue weighted by Gasteiger charge is -2.06. The summed E-state index contributed by atoms with van der Waals surface area (Å²) < 4.78 is 13.8. The molecule has 1 heterocycles. The van der Waals surface area contributed by atoms with Crippen molar-refractivity contribution in [3.05, 3.63) is 81.4 Å². The van der Waals surface area contributed by atoms with Gasteiger partial charge in [-0.1, -0.05) is 36.4 Å². The van der Waals surface area contributed by atoms with Gasteiger partial charge < -0.3 is 0 Å². The van der Waals surface area contributed by atoms with Gasteiger partial charge in [-0.3, -0.25) is 9.78 Å². The van der Waals surface area contributed by atoms with E-state index in [2.05, 4.69) is 20.5 Å². The number of anilines is 1. The minimum absolute atomic E-state index is 0.00627. The Morgan fingerprint density at radius 2 is 1.89 bits per heavy atom. The van der Waals surface area contributed by atoms with Crippen LogP contribution >= 0.6 is 0 Å². The average Bonchev–Trinajstić information content (AvgIpc) is 2.69. The summed E-state index contributed by atoms with van der Waals surface area (Å²) >= 11 is 0. The van der Waals surface area contributed by atoms with Crippen LogP contribution < -0.4 is 11.0 Å². The molecule has 1 aromatic heterocycles. The smallest absolute Gasteiger partial charge is 0.270 e. The van der Waals surface area contributed by atoms with Gasteiger partial charge in [-0.05, 0) is 12.1 Å². The van der Waals surface area contributed by atoms with Crippen LogP contribution in [0.5, 0.6) is 0 Å². The van der Waals surface area contributed by atoms with Crippen molar-refractivity contribution in [2.45, 2.75) is 0 Å². The minimum Gasteiger partial charge on any atom is -0.290 e. The van der Waals surface area contributed by atoms with Gasteiger partial charge in [0.05, 0.1) is 23.5 Å². The van der Waals surface area contributed by atoms with Crippen molar-refractivity contribution < 1.29 is 4.39 Å². The molecule has 7 nitrogen and oxygen atoms in total. The summed E-state index contributed by atoms with van der Waals surface area (Å²) in [5, 5.41) is 22.1. The van der Waals surface area contributed by atoms with E-state index in [1.54, 1.807) is 30.3 Å². The summed E-state index contributed by atoms with van der Waals surface area (Å²) in [6.45, 7) is 0. The van der Waals surface area contributed by atoms with Crippen LogP contribution in [-0.4, -0.2) is 16.2 Å². The standard InChI is InChI=1S/C19H11FN6O/c20-16-8-4-7-13(9-21)15(16)11-23-26-19-24-17(12-5-2-1-3-6-12)14(10-22)18(27)25-19/h1-8,11H,(H2,24,25,26,27). The van der Waals surface area contributed by atoms with Crippen LogP contribution in [0.15, 0.2) is 58.4 Å². The third kappa shape index (κ3) is 3.70. The van der Waals surface area contributed by atoms with E-state index in [4.69, 9.17) is 5.26 Å². The van der Waals surface area contributed by atoms with Crippen molar-refractivity contribution in [3.8, 4) is 23.4 Å². The minimum atomic E-state index is -0.632. The molecular formula is C19H11FN6O. The monoisotopic (exact) mass is 358 g/mol. The molecule has 0 unspecified atom stereocenters. The lowest BCUT2D eigenvalue weighted by molar-refractivity contribution is 0.625. The first kappa shape index (κ1) is 17.5. The fourth-order valence-corrected chi connectivity index (χ4v) is 2.36. The number of benzene rings is 2. The maximum absolute atomic E-state index is 13.8. The Morgan fingerprint density at radius 3 is 2.59 bits per heavy atom. The molecule has 3 rings (SSSR count). The number of nitrogens with zero attached hydrogens (tertiary/aromatic N) is 4. The van der Waals surface area contributed by atoms with E-state index in [9.17, 15) is 14.4 Å². The molecule has 0 fully saturated rings. The number of aromatic nitrogens is 2. The number of nitriles is 2. The highest BCUT2D eigenvalue weighted by Gasteiger charge is 2.13. The van der Waals surface area contributed by atoms with Gasteiger partial charge in [0.1, 0.15) is 17.4 Å². The van der Waals surface area contributed by atoms with Gasteiger partial charge in [0, 0.05) is 11.1 Å². The second kappa shape index (κ2) is 7.72. The average molecular weight is 358 g/mol. The van der Waals surface area contributed by atoms with Crippen molar-refractivity contribution in [1.29, 1.82) is 10.5 Å². The summed E-state index contributed by atoms with van der Waals surface area (Å²) in [7, 11) is 0. The maximum atomic E-state index is 13.8. The summed E-state index contributed by atoms with van der Waals surface area (Å²) in [5.74, 6) is -0.630. The van der Waals surface area contributed by atoms with E-state index in [1.807, 2.05) is 12.1 Å². The predicted octanol–water partition coefficient (Wildman–Crippen LogP) is 2.77.